The summed E-state index contributed by atoms with van der Waals surface area (Å²) in [6, 6.07) is 4.94. The van der Waals surface area contributed by atoms with Crippen LogP contribution in [0.4, 0.5) is 5.69 Å². The van der Waals surface area contributed by atoms with Gasteiger partial charge in [-0.2, -0.15) is 5.10 Å². The van der Waals surface area contributed by atoms with Crippen molar-refractivity contribution < 1.29 is 9.53 Å². The molecule has 0 saturated carbocycles. The van der Waals surface area contributed by atoms with E-state index < -0.39 is 0 Å². The molecule has 2 rings (SSSR count). The number of carbonyl (C=O) groups excluding carboxylic acids is 1. The Kier molecular flexibility index (Phi) is 4.29. The lowest BCUT2D eigenvalue weighted by molar-refractivity contribution is 0.102. The molecule has 1 aromatic carbocycles. The van der Waals surface area contributed by atoms with Gasteiger partial charge in [0.05, 0.1) is 18.3 Å². The van der Waals surface area contributed by atoms with Crippen LogP contribution in [-0.4, -0.2) is 22.7 Å². The zero-order chi connectivity index (χ0) is 14.7. The van der Waals surface area contributed by atoms with Gasteiger partial charge in [0, 0.05) is 23.9 Å². The first-order chi connectivity index (χ1) is 9.58. The van der Waals surface area contributed by atoms with E-state index in [-0.39, 0.29) is 5.78 Å². The summed E-state index contributed by atoms with van der Waals surface area (Å²) in [5.41, 5.74) is 7.02. The highest BCUT2D eigenvalue weighted by atomic mass is 35.5. The summed E-state index contributed by atoms with van der Waals surface area (Å²) in [5.74, 6) is 0.369. The van der Waals surface area contributed by atoms with E-state index >= 15 is 0 Å². The average molecular weight is 294 g/mol. The lowest BCUT2D eigenvalue weighted by atomic mass is 10.1. The third-order valence-corrected chi connectivity index (χ3v) is 3.23. The summed E-state index contributed by atoms with van der Waals surface area (Å²) in [7, 11) is 1.55. The molecule has 2 N–H and O–H groups in total. The number of nitrogen functional groups attached to an aromatic ring is 1. The second kappa shape index (κ2) is 5.96. The van der Waals surface area contributed by atoms with Crippen LogP contribution < -0.4 is 10.5 Å². The largest absolute Gasteiger partial charge is 0.497 e. The van der Waals surface area contributed by atoms with Crippen molar-refractivity contribution in [2.24, 2.45) is 0 Å². The SMILES string of the molecule is CCCn1ncc(Cl)c1C(=O)c1ccc(OC)cc1N. The van der Waals surface area contributed by atoms with Gasteiger partial charge in [0.25, 0.3) is 0 Å². The van der Waals surface area contributed by atoms with Gasteiger partial charge < -0.3 is 10.5 Å². The summed E-state index contributed by atoms with van der Waals surface area (Å²) < 4.78 is 6.68. The molecule has 0 atom stereocenters. The fraction of sp³-hybridized carbons (Fsp3) is 0.286. The lowest BCUT2D eigenvalue weighted by Gasteiger charge is -2.09. The van der Waals surface area contributed by atoms with E-state index in [0.29, 0.717) is 34.3 Å². The fourth-order valence-corrected chi connectivity index (χ4v) is 2.20. The zero-order valence-electron chi connectivity index (χ0n) is 11.4. The van der Waals surface area contributed by atoms with Gasteiger partial charge >= 0.3 is 0 Å². The molecule has 1 aromatic heterocycles. The first kappa shape index (κ1) is 14.4. The van der Waals surface area contributed by atoms with Crippen LogP contribution in [0.5, 0.6) is 5.75 Å². The molecule has 106 valence electrons. The number of carbonyl (C=O) groups is 1. The molecule has 20 heavy (non-hydrogen) atoms. The number of methoxy groups -OCH3 is 1. The van der Waals surface area contributed by atoms with E-state index in [1.165, 1.54) is 6.20 Å². The van der Waals surface area contributed by atoms with Crippen molar-refractivity contribution in [1.29, 1.82) is 0 Å². The molecule has 0 radical (unpaired) electrons. The Morgan fingerprint density at radius 1 is 1.50 bits per heavy atom. The van der Waals surface area contributed by atoms with Gasteiger partial charge in [0.1, 0.15) is 11.4 Å². The second-order valence-corrected chi connectivity index (χ2v) is 4.75. The van der Waals surface area contributed by atoms with Crippen LogP contribution in [0, 0.1) is 0 Å². The summed E-state index contributed by atoms with van der Waals surface area (Å²) in [5, 5.41) is 4.45. The van der Waals surface area contributed by atoms with Gasteiger partial charge in [-0.3, -0.25) is 9.48 Å². The average Bonchev–Trinajstić information content (AvgIpc) is 2.79. The summed E-state index contributed by atoms with van der Waals surface area (Å²) >= 11 is 6.07. The molecule has 0 aliphatic heterocycles. The molecule has 5 nitrogen and oxygen atoms in total. The van der Waals surface area contributed by atoms with Crippen LogP contribution in [0.2, 0.25) is 5.02 Å². The molecule has 2 aromatic rings. The Labute approximate surface area is 122 Å². The van der Waals surface area contributed by atoms with Crippen LogP contribution in [0.15, 0.2) is 24.4 Å². The maximum atomic E-state index is 12.6. The van der Waals surface area contributed by atoms with Crippen molar-refractivity contribution in [2.45, 2.75) is 19.9 Å². The molecule has 0 aliphatic carbocycles. The third kappa shape index (κ3) is 2.63. The molecule has 6 heteroatoms. The van der Waals surface area contributed by atoms with E-state index in [0.717, 1.165) is 6.42 Å². The van der Waals surface area contributed by atoms with E-state index in [1.807, 2.05) is 6.92 Å². The Morgan fingerprint density at radius 2 is 2.25 bits per heavy atom. The number of hydrogen-bond donors (Lipinski definition) is 1. The number of anilines is 1. The Morgan fingerprint density at radius 3 is 2.85 bits per heavy atom. The predicted octanol–water partition coefficient (Wildman–Crippen LogP) is 2.77. The first-order valence-electron chi connectivity index (χ1n) is 6.28. The Hall–Kier alpha value is -2.01. The maximum Gasteiger partial charge on any atom is 0.214 e. The van der Waals surface area contributed by atoms with Gasteiger partial charge in [0.2, 0.25) is 5.78 Å². The van der Waals surface area contributed by atoms with E-state index in [1.54, 1.807) is 30.0 Å². The normalized spacial score (nSPS) is 10.6. The number of ether oxygens (including phenoxy) is 1. The number of halogens is 1. The maximum absolute atomic E-state index is 12.6. The molecular weight excluding hydrogens is 278 g/mol. The van der Waals surface area contributed by atoms with Crippen molar-refractivity contribution in [1.82, 2.24) is 9.78 Å². The van der Waals surface area contributed by atoms with Crippen molar-refractivity contribution in [3.05, 3.63) is 40.7 Å². The van der Waals surface area contributed by atoms with Gasteiger partial charge in [-0.05, 0) is 18.6 Å². The molecule has 0 saturated heterocycles. The first-order valence-corrected chi connectivity index (χ1v) is 6.65. The minimum atomic E-state index is -0.235. The van der Waals surface area contributed by atoms with Crippen molar-refractivity contribution in [2.75, 3.05) is 12.8 Å². The standard InChI is InChI=1S/C14H16ClN3O2/c1-3-6-18-13(11(15)8-17-18)14(19)10-5-4-9(20-2)7-12(10)16/h4-5,7-8H,3,6,16H2,1-2H3. The predicted molar refractivity (Wildman–Crippen MR) is 78.4 cm³/mol. The number of aromatic nitrogens is 2. The number of aryl methyl sites for hydroxylation is 1. The summed E-state index contributed by atoms with van der Waals surface area (Å²) in [6.07, 6.45) is 2.33. The van der Waals surface area contributed by atoms with Gasteiger partial charge in [-0.15, -0.1) is 0 Å². The van der Waals surface area contributed by atoms with Crippen LogP contribution >= 0.6 is 11.6 Å². The van der Waals surface area contributed by atoms with Gasteiger partial charge in [0.15, 0.2) is 0 Å². The van der Waals surface area contributed by atoms with Crippen molar-refractivity contribution in [3.63, 3.8) is 0 Å². The quantitative estimate of drug-likeness (QED) is 0.680. The van der Waals surface area contributed by atoms with E-state index in [2.05, 4.69) is 5.10 Å². The summed E-state index contributed by atoms with van der Waals surface area (Å²) in [6.45, 7) is 2.63. The highest BCUT2D eigenvalue weighted by molar-refractivity contribution is 6.34. The van der Waals surface area contributed by atoms with Crippen molar-refractivity contribution in [3.8, 4) is 5.75 Å². The number of ketones is 1. The van der Waals surface area contributed by atoms with E-state index in [9.17, 15) is 4.79 Å². The Bertz CT molecular complexity index is 637. The van der Waals surface area contributed by atoms with Crippen LogP contribution in [0.3, 0.4) is 0 Å². The number of nitrogens with two attached hydrogens (primary N) is 1. The zero-order valence-corrected chi connectivity index (χ0v) is 12.1. The van der Waals surface area contributed by atoms with Crippen LogP contribution in [0.1, 0.15) is 29.4 Å². The fourth-order valence-electron chi connectivity index (χ4n) is 1.97. The molecule has 0 aliphatic rings. The third-order valence-electron chi connectivity index (χ3n) is 2.95. The number of rotatable bonds is 5. The molecule has 0 fully saturated rings. The molecule has 0 amide bonds. The molecule has 0 unspecified atom stereocenters. The topological polar surface area (TPSA) is 70.1 Å². The molecular formula is C14H16ClN3O2. The molecule has 0 spiro atoms. The Balaban J connectivity index is 2.43. The van der Waals surface area contributed by atoms with Gasteiger partial charge in [-0.1, -0.05) is 18.5 Å². The number of hydrogen-bond acceptors (Lipinski definition) is 4. The van der Waals surface area contributed by atoms with Gasteiger partial charge in [-0.25, -0.2) is 0 Å². The second-order valence-electron chi connectivity index (χ2n) is 4.35. The highest BCUT2D eigenvalue weighted by Crippen LogP contribution is 2.25. The number of nitrogens with zero attached hydrogens (tertiary/aromatic N) is 2. The lowest BCUT2D eigenvalue weighted by Crippen LogP contribution is -2.13. The smallest absolute Gasteiger partial charge is 0.214 e. The molecule has 0 bridgehead atoms. The highest BCUT2D eigenvalue weighted by Gasteiger charge is 2.21. The molecule has 1 heterocycles. The minimum Gasteiger partial charge on any atom is -0.497 e. The summed E-state index contributed by atoms with van der Waals surface area (Å²) in [4.78, 5) is 12.6. The van der Waals surface area contributed by atoms with E-state index in [4.69, 9.17) is 22.1 Å². The van der Waals surface area contributed by atoms with Crippen LogP contribution in [-0.2, 0) is 6.54 Å². The number of benzene rings is 1. The monoisotopic (exact) mass is 293 g/mol. The van der Waals surface area contributed by atoms with Crippen LogP contribution in [0.25, 0.3) is 0 Å². The minimum absolute atomic E-state index is 0.235. The van der Waals surface area contributed by atoms with Crippen molar-refractivity contribution >= 4 is 23.1 Å².